The number of nitrogens with one attached hydrogen (secondary N) is 1. The van der Waals surface area contributed by atoms with Crippen LogP contribution < -0.4 is 19.9 Å². The van der Waals surface area contributed by atoms with Gasteiger partial charge in [0, 0.05) is 54.4 Å². The average Bonchev–Trinajstić information content (AvgIpc) is 3.49. The molecule has 37 heavy (non-hydrogen) atoms. The SMILES string of the molecule is CN1CCC[C@H]1COc1nc2c(c(N3C[C@H]4CC[C@@H](C3)N4)n1)CCN(c1cccc3ccc(F)cc13)C2. The number of rotatable bonds is 5. The summed E-state index contributed by atoms with van der Waals surface area (Å²) in [7, 11) is 2.17. The molecule has 3 fully saturated rings. The number of ether oxygens (including phenoxy) is 1. The fourth-order valence-electron chi connectivity index (χ4n) is 6.75. The topological polar surface area (TPSA) is 56.8 Å². The Kier molecular flexibility index (Phi) is 5.89. The second-order valence-corrected chi connectivity index (χ2v) is 11.2. The lowest BCUT2D eigenvalue weighted by Gasteiger charge is -2.37. The molecule has 3 saturated heterocycles. The highest BCUT2D eigenvalue weighted by atomic mass is 19.1. The Morgan fingerprint density at radius 1 is 1.03 bits per heavy atom. The van der Waals surface area contributed by atoms with Gasteiger partial charge in [-0.05, 0) is 69.3 Å². The van der Waals surface area contributed by atoms with Crippen molar-refractivity contribution in [3.63, 3.8) is 0 Å². The molecule has 2 aromatic carbocycles. The van der Waals surface area contributed by atoms with Gasteiger partial charge in [0.1, 0.15) is 18.2 Å². The molecule has 4 aliphatic heterocycles. The lowest BCUT2D eigenvalue weighted by molar-refractivity contribution is 0.187. The maximum Gasteiger partial charge on any atom is 0.318 e. The molecule has 4 aliphatic rings. The molecular formula is C29H35FN6O. The summed E-state index contributed by atoms with van der Waals surface area (Å²) in [6, 6.07) is 13.2. The van der Waals surface area contributed by atoms with Crippen molar-refractivity contribution in [2.24, 2.45) is 0 Å². The van der Waals surface area contributed by atoms with E-state index in [4.69, 9.17) is 14.7 Å². The number of likely N-dealkylation sites (N-methyl/N-ethyl adjacent to an activating group) is 1. The van der Waals surface area contributed by atoms with Crippen molar-refractivity contribution in [3.05, 3.63) is 53.5 Å². The van der Waals surface area contributed by atoms with Crippen LogP contribution in [0.1, 0.15) is 36.9 Å². The molecule has 3 atom stereocenters. The van der Waals surface area contributed by atoms with Gasteiger partial charge in [0.15, 0.2) is 0 Å². The quantitative estimate of drug-likeness (QED) is 0.570. The number of anilines is 2. The lowest BCUT2D eigenvalue weighted by atomic mass is 10.0. The first-order valence-corrected chi connectivity index (χ1v) is 13.8. The number of aromatic nitrogens is 2. The van der Waals surface area contributed by atoms with Crippen molar-refractivity contribution in [1.29, 1.82) is 0 Å². The Bertz CT molecular complexity index is 1310. The van der Waals surface area contributed by atoms with Gasteiger partial charge in [-0.15, -0.1) is 0 Å². The van der Waals surface area contributed by atoms with E-state index in [-0.39, 0.29) is 5.82 Å². The Morgan fingerprint density at radius 3 is 2.70 bits per heavy atom. The van der Waals surface area contributed by atoms with Crippen LogP contribution in [-0.2, 0) is 13.0 Å². The van der Waals surface area contributed by atoms with Crippen LogP contribution >= 0.6 is 0 Å². The molecule has 0 spiro atoms. The fraction of sp³-hybridized carbons (Fsp3) is 0.517. The second kappa shape index (κ2) is 9.40. The van der Waals surface area contributed by atoms with E-state index >= 15 is 0 Å². The van der Waals surface area contributed by atoms with Gasteiger partial charge >= 0.3 is 6.01 Å². The summed E-state index contributed by atoms with van der Waals surface area (Å²) in [6.45, 7) is 5.22. The third-order valence-electron chi connectivity index (χ3n) is 8.78. The molecule has 0 aliphatic carbocycles. The zero-order chi connectivity index (χ0) is 24.9. The molecule has 2 bridgehead atoms. The average molecular weight is 503 g/mol. The normalized spacial score (nSPS) is 25.6. The van der Waals surface area contributed by atoms with Crippen molar-refractivity contribution < 1.29 is 9.13 Å². The largest absolute Gasteiger partial charge is 0.462 e. The number of benzene rings is 2. The third-order valence-corrected chi connectivity index (χ3v) is 8.78. The van der Waals surface area contributed by atoms with Gasteiger partial charge in [0.05, 0.1) is 12.2 Å². The number of hydrogen-bond donors (Lipinski definition) is 1. The minimum absolute atomic E-state index is 0.206. The zero-order valence-electron chi connectivity index (χ0n) is 21.5. The molecule has 5 heterocycles. The number of halogens is 1. The van der Waals surface area contributed by atoms with Crippen LogP contribution in [0.4, 0.5) is 15.9 Å². The maximum absolute atomic E-state index is 14.2. The highest BCUT2D eigenvalue weighted by Crippen LogP contribution is 2.35. The molecule has 1 aromatic heterocycles. The van der Waals surface area contributed by atoms with Gasteiger partial charge in [0.2, 0.25) is 0 Å². The molecule has 7 nitrogen and oxygen atoms in total. The number of hydrogen-bond acceptors (Lipinski definition) is 7. The molecule has 0 unspecified atom stereocenters. The molecular weight excluding hydrogens is 467 g/mol. The van der Waals surface area contributed by atoms with Gasteiger partial charge in [-0.25, -0.2) is 4.39 Å². The summed E-state index contributed by atoms with van der Waals surface area (Å²) in [5.41, 5.74) is 3.33. The second-order valence-electron chi connectivity index (χ2n) is 11.2. The Hall–Kier alpha value is -2.97. The van der Waals surface area contributed by atoms with Crippen LogP contribution in [-0.4, -0.2) is 72.8 Å². The van der Waals surface area contributed by atoms with Crippen molar-refractivity contribution in [3.8, 4) is 6.01 Å². The fourth-order valence-corrected chi connectivity index (χ4v) is 6.75. The number of piperazine rings is 1. The van der Waals surface area contributed by atoms with E-state index < -0.39 is 0 Å². The van der Waals surface area contributed by atoms with Crippen LogP contribution in [0.25, 0.3) is 10.8 Å². The van der Waals surface area contributed by atoms with E-state index in [1.165, 1.54) is 30.9 Å². The van der Waals surface area contributed by atoms with Crippen LogP contribution in [0.2, 0.25) is 0 Å². The summed E-state index contributed by atoms with van der Waals surface area (Å²) in [4.78, 5) is 17.2. The molecule has 8 heteroatoms. The molecule has 3 aromatic rings. The molecule has 0 amide bonds. The smallest absolute Gasteiger partial charge is 0.318 e. The van der Waals surface area contributed by atoms with E-state index in [0.29, 0.717) is 37.3 Å². The third kappa shape index (κ3) is 4.40. The first-order valence-electron chi connectivity index (χ1n) is 13.8. The summed E-state index contributed by atoms with van der Waals surface area (Å²) in [5.74, 6) is 0.852. The van der Waals surface area contributed by atoms with Crippen molar-refractivity contribution in [2.75, 3.05) is 49.6 Å². The highest BCUT2D eigenvalue weighted by molar-refractivity contribution is 5.94. The highest BCUT2D eigenvalue weighted by Gasteiger charge is 2.35. The number of nitrogens with zero attached hydrogens (tertiary/aromatic N) is 5. The molecule has 1 N–H and O–H groups in total. The van der Waals surface area contributed by atoms with Crippen LogP contribution in [0, 0.1) is 5.82 Å². The first kappa shape index (κ1) is 23.2. The molecule has 194 valence electrons. The summed E-state index contributed by atoms with van der Waals surface area (Å²) >= 11 is 0. The lowest BCUT2D eigenvalue weighted by Crippen LogP contribution is -2.52. The maximum atomic E-state index is 14.2. The Morgan fingerprint density at radius 2 is 1.89 bits per heavy atom. The molecule has 0 saturated carbocycles. The van der Waals surface area contributed by atoms with Crippen molar-refractivity contribution in [2.45, 2.75) is 56.8 Å². The van der Waals surface area contributed by atoms with Gasteiger partial charge in [-0.1, -0.05) is 18.2 Å². The first-order chi connectivity index (χ1) is 18.1. The van der Waals surface area contributed by atoms with E-state index in [9.17, 15) is 4.39 Å². The van der Waals surface area contributed by atoms with Crippen LogP contribution in [0.3, 0.4) is 0 Å². The van der Waals surface area contributed by atoms with E-state index in [1.807, 2.05) is 12.1 Å². The minimum Gasteiger partial charge on any atom is -0.462 e. The summed E-state index contributed by atoms with van der Waals surface area (Å²) < 4.78 is 20.5. The Balaban J connectivity index is 1.22. The monoisotopic (exact) mass is 502 g/mol. The van der Waals surface area contributed by atoms with Gasteiger partial charge in [-0.2, -0.15) is 9.97 Å². The predicted octanol–water partition coefficient (Wildman–Crippen LogP) is 3.75. The minimum atomic E-state index is -0.206. The molecule has 0 radical (unpaired) electrons. The number of likely N-dealkylation sites (tertiary alicyclic amines) is 1. The van der Waals surface area contributed by atoms with E-state index in [2.05, 4.69) is 39.2 Å². The van der Waals surface area contributed by atoms with Crippen LogP contribution in [0.5, 0.6) is 6.01 Å². The van der Waals surface area contributed by atoms with Crippen molar-refractivity contribution >= 4 is 22.3 Å². The van der Waals surface area contributed by atoms with Crippen LogP contribution in [0.15, 0.2) is 36.4 Å². The number of fused-ring (bicyclic) bond motifs is 4. The standard InChI is InChI=1S/C29H35FN6O/c1-34-12-3-5-23(34)18-37-29-32-26-17-35(27-6-2-4-19-7-8-20(30)14-25(19)27)13-11-24(26)28(33-29)36-15-21-9-10-22(16-36)31-21/h2,4,6-8,14,21-23,31H,3,5,9-13,15-18H2,1H3/t21-,22+,23-/m0/s1. The Labute approximate surface area is 217 Å². The molecule has 7 rings (SSSR count). The van der Waals surface area contributed by atoms with E-state index in [0.717, 1.165) is 67.0 Å². The van der Waals surface area contributed by atoms with Gasteiger partial charge in [-0.3, -0.25) is 0 Å². The van der Waals surface area contributed by atoms with E-state index in [1.54, 1.807) is 6.07 Å². The van der Waals surface area contributed by atoms with Crippen molar-refractivity contribution in [1.82, 2.24) is 20.2 Å². The summed E-state index contributed by atoms with van der Waals surface area (Å²) in [5, 5.41) is 5.74. The van der Waals surface area contributed by atoms with Gasteiger partial charge in [0.25, 0.3) is 0 Å². The van der Waals surface area contributed by atoms with Gasteiger partial charge < -0.3 is 24.8 Å². The zero-order valence-corrected chi connectivity index (χ0v) is 21.5. The predicted molar refractivity (Wildman–Crippen MR) is 144 cm³/mol. The summed E-state index contributed by atoms with van der Waals surface area (Å²) in [6.07, 6.45) is 5.70.